The number of carboxylic acid groups (broad SMARTS) is 2. The highest BCUT2D eigenvalue weighted by Gasteiger charge is 2.30. The topological polar surface area (TPSA) is 113 Å². The van der Waals surface area contributed by atoms with Gasteiger partial charge in [0.15, 0.2) is 11.5 Å². The molecule has 2 aromatic carbocycles. The lowest BCUT2D eigenvalue weighted by Crippen LogP contribution is -2.30. The zero-order valence-corrected chi connectivity index (χ0v) is 15.5. The molecule has 0 radical (unpaired) electrons. The Hall–Kier alpha value is -3.32. The summed E-state index contributed by atoms with van der Waals surface area (Å²) in [7, 11) is 0. The Morgan fingerprint density at radius 2 is 1.93 bits per heavy atom. The van der Waals surface area contributed by atoms with Gasteiger partial charge in [-0.3, -0.25) is 4.79 Å². The highest BCUT2D eigenvalue weighted by atomic mass is 16.6. The van der Waals surface area contributed by atoms with Gasteiger partial charge in [0, 0.05) is 12.8 Å². The predicted molar refractivity (Wildman–Crippen MR) is 104 cm³/mol. The molecule has 0 bridgehead atoms. The molecule has 0 spiro atoms. The van der Waals surface area contributed by atoms with Gasteiger partial charge >= 0.3 is 11.9 Å². The molecule has 3 N–H and O–H groups in total. The second-order valence-electron chi connectivity index (χ2n) is 7.12. The van der Waals surface area contributed by atoms with Crippen LogP contribution in [-0.2, 0) is 11.2 Å². The maximum absolute atomic E-state index is 12.0. The van der Waals surface area contributed by atoms with Crippen molar-refractivity contribution in [3.05, 3.63) is 58.7 Å². The number of aliphatic carboxylic acids is 1. The zero-order valence-electron chi connectivity index (χ0n) is 15.5. The molecule has 0 aromatic heterocycles. The minimum absolute atomic E-state index is 0.0633. The van der Waals surface area contributed by atoms with Crippen LogP contribution in [0.3, 0.4) is 0 Å². The van der Waals surface area contributed by atoms with Gasteiger partial charge in [-0.25, -0.2) is 4.79 Å². The first kappa shape index (κ1) is 19.0. The van der Waals surface area contributed by atoms with Crippen LogP contribution in [0.15, 0.2) is 36.4 Å². The Labute approximate surface area is 166 Å². The van der Waals surface area contributed by atoms with E-state index in [1.807, 2.05) is 24.3 Å². The fourth-order valence-corrected chi connectivity index (χ4v) is 3.78. The van der Waals surface area contributed by atoms with Crippen molar-refractivity contribution < 1.29 is 34.4 Å². The molecule has 4 rings (SSSR count). The van der Waals surface area contributed by atoms with Crippen molar-refractivity contribution in [1.29, 1.82) is 0 Å². The Morgan fingerprint density at radius 3 is 2.69 bits per heavy atom. The molecule has 0 saturated heterocycles. The number of fused-ring (bicyclic) bond motifs is 2. The smallest absolute Gasteiger partial charge is 0.340 e. The van der Waals surface area contributed by atoms with Crippen LogP contribution in [0.2, 0.25) is 0 Å². The summed E-state index contributed by atoms with van der Waals surface area (Å²) in [6.45, 7) is 0.159. The third-order valence-corrected chi connectivity index (χ3v) is 5.17. The van der Waals surface area contributed by atoms with Crippen LogP contribution in [0.1, 0.15) is 39.9 Å². The van der Waals surface area contributed by atoms with Crippen LogP contribution < -0.4 is 9.47 Å². The molecule has 2 aromatic rings. The van der Waals surface area contributed by atoms with Gasteiger partial charge in [0.05, 0.1) is 6.10 Å². The lowest BCUT2D eigenvalue weighted by molar-refractivity contribution is -0.137. The maximum Gasteiger partial charge on any atom is 0.340 e. The van der Waals surface area contributed by atoms with E-state index >= 15 is 0 Å². The number of carboxylic acids is 2. The van der Waals surface area contributed by atoms with Gasteiger partial charge in [-0.2, -0.15) is 0 Å². The van der Waals surface area contributed by atoms with E-state index in [1.54, 1.807) is 18.2 Å². The van der Waals surface area contributed by atoms with E-state index in [4.69, 9.17) is 14.6 Å². The molecule has 2 aliphatic rings. The predicted octanol–water partition coefficient (Wildman–Crippen LogP) is 2.85. The SMILES string of the molecule is O=C(O)CC[C@@H]1COc2ccc(/C=C3\c4ccccc4C[C@H]3O)c(C(=O)O)c2O1. The van der Waals surface area contributed by atoms with E-state index in [0.29, 0.717) is 23.3 Å². The molecule has 7 nitrogen and oxygen atoms in total. The molecular weight excluding hydrogens is 376 g/mol. The van der Waals surface area contributed by atoms with Gasteiger partial charge in [-0.05, 0) is 40.8 Å². The number of aliphatic hydroxyl groups is 1. The second-order valence-corrected chi connectivity index (χ2v) is 7.12. The molecular formula is C22H20O7. The van der Waals surface area contributed by atoms with Crippen LogP contribution in [-0.4, -0.2) is 46.1 Å². The summed E-state index contributed by atoms with van der Waals surface area (Å²) in [5.41, 5.74) is 2.89. The molecule has 2 atom stereocenters. The molecule has 1 aliphatic carbocycles. The van der Waals surface area contributed by atoms with Crippen molar-refractivity contribution in [2.24, 2.45) is 0 Å². The number of hydrogen-bond donors (Lipinski definition) is 3. The molecule has 0 saturated carbocycles. The molecule has 150 valence electrons. The number of aromatic carboxylic acids is 1. The Morgan fingerprint density at radius 1 is 1.14 bits per heavy atom. The number of benzene rings is 2. The fourth-order valence-electron chi connectivity index (χ4n) is 3.78. The van der Waals surface area contributed by atoms with E-state index in [0.717, 1.165) is 11.1 Å². The van der Waals surface area contributed by atoms with Crippen LogP contribution >= 0.6 is 0 Å². The lowest BCUT2D eigenvalue weighted by Gasteiger charge is -2.28. The molecule has 0 fully saturated rings. The number of carbonyl (C=O) groups is 2. The average Bonchev–Trinajstić information content (AvgIpc) is 3.01. The van der Waals surface area contributed by atoms with Gasteiger partial charge in [0.1, 0.15) is 18.3 Å². The standard InChI is InChI=1S/C22H20O7/c23-17-10-12-3-1-2-4-15(12)16(17)9-13-5-7-18-21(20(13)22(26)27)29-14(11-28-18)6-8-19(24)25/h1-5,7,9,14,17,23H,6,8,10-11H2,(H,24,25)(H,26,27)/b16-9+/t14-,17-/m1/s1. The van der Waals surface area contributed by atoms with E-state index in [9.17, 15) is 19.8 Å². The maximum atomic E-state index is 12.0. The normalized spacial score (nSPS) is 21.1. The fraction of sp³-hybridized carbons (Fsp3) is 0.273. The molecule has 1 aliphatic heterocycles. The Kier molecular flexibility index (Phi) is 4.98. The number of hydrogen-bond acceptors (Lipinski definition) is 5. The van der Waals surface area contributed by atoms with Crippen LogP contribution in [0, 0.1) is 0 Å². The monoisotopic (exact) mass is 396 g/mol. The van der Waals surface area contributed by atoms with Crippen molar-refractivity contribution >= 4 is 23.6 Å². The summed E-state index contributed by atoms with van der Waals surface area (Å²) in [6.07, 6.45) is 1.00. The van der Waals surface area contributed by atoms with Gasteiger partial charge in [-0.15, -0.1) is 0 Å². The van der Waals surface area contributed by atoms with Crippen molar-refractivity contribution in [2.45, 2.75) is 31.5 Å². The summed E-state index contributed by atoms with van der Waals surface area (Å²) in [5, 5.41) is 29.2. The Balaban J connectivity index is 1.74. The first-order valence-electron chi connectivity index (χ1n) is 9.33. The van der Waals surface area contributed by atoms with Crippen LogP contribution in [0.25, 0.3) is 11.6 Å². The molecule has 7 heteroatoms. The van der Waals surface area contributed by atoms with E-state index in [-0.39, 0.29) is 30.8 Å². The van der Waals surface area contributed by atoms with Crippen molar-refractivity contribution in [2.75, 3.05) is 6.61 Å². The summed E-state index contributed by atoms with van der Waals surface area (Å²) < 4.78 is 11.4. The number of rotatable bonds is 5. The number of aliphatic hydroxyl groups excluding tert-OH is 1. The van der Waals surface area contributed by atoms with E-state index in [2.05, 4.69) is 0 Å². The molecule has 0 unspecified atom stereocenters. The van der Waals surface area contributed by atoms with Crippen LogP contribution in [0.5, 0.6) is 11.5 Å². The summed E-state index contributed by atoms with van der Waals surface area (Å²) in [4.78, 5) is 22.9. The highest BCUT2D eigenvalue weighted by Crippen LogP contribution is 2.41. The quantitative estimate of drug-likeness (QED) is 0.712. The molecule has 0 amide bonds. The third kappa shape index (κ3) is 3.69. The van der Waals surface area contributed by atoms with Crippen molar-refractivity contribution in [1.82, 2.24) is 0 Å². The average molecular weight is 396 g/mol. The Bertz CT molecular complexity index is 1010. The minimum atomic E-state index is -1.18. The van der Waals surface area contributed by atoms with E-state index < -0.39 is 24.1 Å². The largest absolute Gasteiger partial charge is 0.486 e. The lowest BCUT2D eigenvalue weighted by atomic mass is 9.98. The van der Waals surface area contributed by atoms with Gasteiger partial charge in [0.2, 0.25) is 0 Å². The molecule has 1 heterocycles. The minimum Gasteiger partial charge on any atom is -0.486 e. The summed E-state index contributed by atoms with van der Waals surface area (Å²) >= 11 is 0. The molecule has 29 heavy (non-hydrogen) atoms. The zero-order chi connectivity index (χ0) is 20.5. The van der Waals surface area contributed by atoms with Gasteiger partial charge in [0.25, 0.3) is 0 Å². The van der Waals surface area contributed by atoms with Crippen molar-refractivity contribution in [3.8, 4) is 11.5 Å². The highest BCUT2D eigenvalue weighted by molar-refractivity contribution is 6.00. The van der Waals surface area contributed by atoms with Gasteiger partial charge < -0.3 is 24.8 Å². The summed E-state index contributed by atoms with van der Waals surface area (Å²) in [6, 6.07) is 10.9. The second kappa shape index (κ2) is 7.60. The van der Waals surface area contributed by atoms with E-state index in [1.165, 1.54) is 0 Å². The van der Waals surface area contributed by atoms with Gasteiger partial charge in [-0.1, -0.05) is 30.3 Å². The first-order chi connectivity index (χ1) is 13.9. The summed E-state index contributed by atoms with van der Waals surface area (Å²) in [5.74, 6) is -1.74. The van der Waals surface area contributed by atoms with Crippen molar-refractivity contribution in [3.63, 3.8) is 0 Å². The first-order valence-corrected chi connectivity index (χ1v) is 9.33. The number of ether oxygens (including phenoxy) is 2. The van der Waals surface area contributed by atoms with Crippen LogP contribution in [0.4, 0.5) is 0 Å². The third-order valence-electron chi connectivity index (χ3n) is 5.17.